The lowest BCUT2D eigenvalue weighted by molar-refractivity contribution is -0.136. The summed E-state index contributed by atoms with van der Waals surface area (Å²) in [5.74, 6) is -2.53. The van der Waals surface area contributed by atoms with Crippen LogP contribution in [0.4, 0.5) is 0 Å². The van der Waals surface area contributed by atoms with Gasteiger partial charge in [0, 0.05) is 12.6 Å². The van der Waals surface area contributed by atoms with Crippen LogP contribution in [-0.2, 0) is 19.4 Å². The largest absolute Gasteiger partial charge is 0.504 e. The highest BCUT2D eigenvalue weighted by Crippen LogP contribution is 2.32. The van der Waals surface area contributed by atoms with Gasteiger partial charge in [0.05, 0.1) is 11.5 Å². The van der Waals surface area contributed by atoms with Gasteiger partial charge in [-0.3, -0.25) is 4.79 Å². The minimum Gasteiger partial charge on any atom is -0.504 e. The van der Waals surface area contributed by atoms with Gasteiger partial charge < -0.3 is 19.8 Å². The summed E-state index contributed by atoms with van der Waals surface area (Å²) in [6.45, 7) is 3.00. The summed E-state index contributed by atoms with van der Waals surface area (Å²) in [5, 5.41) is 19.4. The van der Waals surface area contributed by atoms with Crippen molar-refractivity contribution in [1.82, 2.24) is 4.90 Å². The summed E-state index contributed by atoms with van der Waals surface area (Å²) in [4.78, 5) is 25.6. The van der Waals surface area contributed by atoms with Gasteiger partial charge in [-0.15, -0.1) is 0 Å². The Bertz CT molecular complexity index is 788. The molecule has 2 rings (SSSR count). The second-order valence-corrected chi connectivity index (χ2v) is 8.17. The average Bonchev–Trinajstić information content (AvgIpc) is 2.91. The first kappa shape index (κ1) is 19.0. The zero-order valence-electron chi connectivity index (χ0n) is 14.1. The molecule has 8 nitrogen and oxygen atoms in total. The van der Waals surface area contributed by atoms with Gasteiger partial charge in [0.15, 0.2) is 27.9 Å². The molecule has 0 aliphatic carbocycles. The van der Waals surface area contributed by atoms with Crippen LogP contribution in [0.3, 0.4) is 0 Å². The van der Waals surface area contributed by atoms with Gasteiger partial charge in [-0.25, -0.2) is 13.2 Å². The van der Waals surface area contributed by atoms with E-state index < -0.39 is 45.9 Å². The van der Waals surface area contributed by atoms with Gasteiger partial charge in [-0.2, -0.15) is 0 Å². The molecule has 25 heavy (non-hydrogen) atoms. The lowest BCUT2D eigenvalue weighted by Gasteiger charge is -2.26. The molecule has 1 aliphatic rings. The number of sulfone groups is 1. The van der Waals surface area contributed by atoms with Crippen molar-refractivity contribution in [3.63, 3.8) is 0 Å². The van der Waals surface area contributed by atoms with Gasteiger partial charge in [-0.05, 0) is 31.9 Å². The Morgan fingerprint density at radius 1 is 1.28 bits per heavy atom. The van der Waals surface area contributed by atoms with Crippen LogP contribution < -0.4 is 0 Å². The Kier molecular flexibility index (Phi) is 5.56. The quantitative estimate of drug-likeness (QED) is 0.574. The molecule has 1 aromatic carbocycles. The van der Waals surface area contributed by atoms with Gasteiger partial charge in [0.25, 0.3) is 5.91 Å². The van der Waals surface area contributed by atoms with Crippen LogP contribution in [-0.4, -0.2) is 66.1 Å². The van der Waals surface area contributed by atoms with E-state index in [0.717, 1.165) is 0 Å². The van der Waals surface area contributed by atoms with Gasteiger partial charge in [0.1, 0.15) is 5.56 Å². The van der Waals surface area contributed by atoms with E-state index in [1.54, 1.807) is 13.8 Å². The maximum absolute atomic E-state index is 12.3. The summed E-state index contributed by atoms with van der Waals surface area (Å²) in [6.07, 6.45) is 0.364. The summed E-state index contributed by atoms with van der Waals surface area (Å²) in [5.41, 5.74) is 0.145. The first-order valence-corrected chi connectivity index (χ1v) is 9.67. The van der Waals surface area contributed by atoms with Crippen molar-refractivity contribution < 1.29 is 33.0 Å². The SMILES string of the molecule is CCN(C(=O)COC(=O)c1ccc(C)c(O)c1O)C1CCS(=O)(=O)C1. The summed E-state index contributed by atoms with van der Waals surface area (Å²) < 4.78 is 28.0. The molecule has 1 amide bonds. The van der Waals surface area contributed by atoms with Crippen LogP contribution in [0.5, 0.6) is 11.5 Å². The highest BCUT2D eigenvalue weighted by atomic mass is 32.2. The molecule has 1 aromatic rings. The first-order valence-electron chi connectivity index (χ1n) is 7.84. The number of esters is 1. The van der Waals surface area contributed by atoms with Crippen molar-refractivity contribution >= 4 is 21.7 Å². The molecule has 9 heteroatoms. The fraction of sp³-hybridized carbons (Fsp3) is 0.500. The molecule has 0 saturated carbocycles. The van der Waals surface area contributed by atoms with Crippen LogP contribution in [0.25, 0.3) is 0 Å². The number of hydrogen-bond acceptors (Lipinski definition) is 7. The topological polar surface area (TPSA) is 121 Å². The zero-order valence-corrected chi connectivity index (χ0v) is 14.9. The number of phenolic OH excluding ortho intramolecular Hbond substituents is 2. The molecule has 1 atom stereocenters. The second-order valence-electron chi connectivity index (χ2n) is 5.94. The number of aryl methyl sites for hydroxylation is 1. The van der Waals surface area contributed by atoms with Crippen LogP contribution in [0, 0.1) is 6.92 Å². The lowest BCUT2D eigenvalue weighted by Crippen LogP contribution is -2.43. The van der Waals surface area contributed by atoms with Crippen LogP contribution in [0.15, 0.2) is 12.1 Å². The number of carbonyl (C=O) groups excluding carboxylic acids is 2. The molecule has 1 unspecified atom stereocenters. The fourth-order valence-electron chi connectivity index (χ4n) is 2.79. The minimum atomic E-state index is -3.14. The van der Waals surface area contributed by atoms with Crippen molar-refractivity contribution in [2.75, 3.05) is 24.7 Å². The van der Waals surface area contributed by atoms with Crippen LogP contribution in [0.1, 0.15) is 29.3 Å². The monoisotopic (exact) mass is 371 g/mol. The molecule has 1 heterocycles. The maximum Gasteiger partial charge on any atom is 0.342 e. The van der Waals surface area contributed by atoms with Crippen molar-refractivity contribution in [1.29, 1.82) is 0 Å². The predicted molar refractivity (Wildman–Crippen MR) is 89.2 cm³/mol. The Morgan fingerprint density at radius 3 is 2.52 bits per heavy atom. The normalized spacial score (nSPS) is 18.7. The number of likely N-dealkylation sites (N-methyl/N-ethyl adjacent to an activating group) is 1. The van der Waals surface area contributed by atoms with E-state index in [2.05, 4.69) is 0 Å². The van der Waals surface area contributed by atoms with E-state index >= 15 is 0 Å². The highest BCUT2D eigenvalue weighted by Gasteiger charge is 2.34. The minimum absolute atomic E-state index is 0.0394. The lowest BCUT2D eigenvalue weighted by atomic mass is 10.1. The standard InChI is InChI=1S/C16H21NO7S/c1-3-17(11-6-7-25(22,23)9-11)13(18)8-24-16(21)12-5-4-10(2)14(19)15(12)20/h4-5,11,19-20H,3,6-9H2,1-2H3. The van der Waals surface area contributed by atoms with Gasteiger partial charge >= 0.3 is 5.97 Å². The molecule has 0 spiro atoms. The zero-order chi connectivity index (χ0) is 18.8. The number of amides is 1. The van der Waals surface area contributed by atoms with E-state index in [1.165, 1.54) is 17.0 Å². The number of hydrogen-bond donors (Lipinski definition) is 2. The number of phenols is 2. The molecule has 0 aromatic heterocycles. The number of ether oxygens (including phenoxy) is 1. The number of carbonyl (C=O) groups is 2. The summed E-state index contributed by atoms with van der Waals surface area (Å²) >= 11 is 0. The van der Waals surface area contributed by atoms with Crippen molar-refractivity contribution in [2.24, 2.45) is 0 Å². The van der Waals surface area contributed by atoms with E-state index in [-0.39, 0.29) is 17.1 Å². The van der Waals surface area contributed by atoms with Gasteiger partial charge in [0.2, 0.25) is 0 Å². The summed E-state index contributed by atoms with van der Waals surface area (Å²) in [7, 11) is -3.14. The highest BCUT2D eigenvalue weighted by molar-refractivity contribution is 7.91. The Hall–Kier alpha value is -2.29. The van der Waals surface area contributed by atoms with E-state index in [4.69, 9.17) is 4.74 Å². The second kappa shape index (κ2) is 7.30. The predicted octanol–water partition coefficient (Wildman–Crippen LogP) is 0.599. The number of benzene rings is 1. The Labute approximate surface area is 145 Å². The van der Waals surface area contributed by atoms with E-state index in [1.807, 2.05) is 0 Å². The number of nitrogens with zero attached hydrogens (tertiary/aromatic N) is 1. The van der Waals surface area contributed by atoms with Crippen LogP contribution >= 0.6 is 0 Å². The molecule has 1 aliphatic heterocycles. The number of aromatic hydroxyl groups is 2. The molecular weight excluding hydrogens is 350 g/mol. The molecule has 1 saturated heterocycles. The third-order valence-electron chi connectivity index (χ3n) is 4.21. The molecule has 0 radical (unpaired) electrons. The number of rotatable bonds is 5. The van der Waals surface area contributed by atoms with Crippen molar-refractivity contribution in [2.45, 2.75) is 26.3 Å². The van der Waals surface area contributed by atoms with E-state index in [9.17, 15) is 28.2 Å². The average molecular weight is 371 g/mol. The molecule has 0 bridgehead atoms. The molecular formula is C16H21NO7S. The van der Waals surface area contributed by atoms with E-state index in [0.29, 0.717) is 18.5 Å². The molecule has 1 fully saturated rings. The molecule has 138 valence electrons. The molecule has 2 N–H and O–H groups in total. The maximum atomic E-state index is 12.3. The van der Waals surface area contributed by atoms with Crippen LogP contribution in [0.2, 0.25) is 0 Å². The Balaban J connectivity index is 2.01. The fourth-order valence-corrected chi connectivity index (χ4v) is 4.52. The third-order valence-corrected chi connectivity index (χ3v) is 5.96. The first-order chi connectivity index (χ1) is 11.7. The Morgan fingerprint density at radius 2 is 1.96 bits per heavy atom. The summed E-state index contributed by atoms with van der Waals surface area (Å²) in [6, 6.07) is 2.31. The van der Waals surface area contributed by atoms with Crippen molar-refractivity contribution in [3.8, 4) is 11.5 Å². The van der Waals surface area contributed by atoms with Gasteiger partial charge in [-0.1, -0.05) is 6.07 Å². The third kappa shape index (κ3) is 4.22. The van der Waals surface area contributed by atoms with Crippen molar-refractivity contribution in [3.05, 3.63) is 23.3 Å². The smallest absolute Gasteiger partial charge is 0.342 e.